The average molecular weight is 348 g/mol. The Morgan fingerprint density at radius 1 is 1.04 bits per heavy atom. The topological polar surface area (TPSA) is 57.7 Å². The van der Waals surface area contributed by atoms with Gasteiger partial charge in [-0.25, -0.2) is 12.7 Å². The minimum atomic E-state index is -3.55. The zero-order valence-corrected chi connectivity index (χ0v) is 14.6. The molecule has 0 aromatic heterocycles. The number of fused-ring (bicyclic) bond motifs is 2. The van der Waals surface area contributed by atoms with Gasteiger partial charge in [-0.05, 0) is 30.3 Å². The van der Waals surface area contributed by atoms with Gasteiger partial charge < -0.3 is 0 Å². The Bertz CT molecular complexity index is 892. The van der Waals surface area contributed by atoms with Crippen LogP contribution in [-0.4, -0.2) is 32.7 Å². The normalized spacial score (nSPS) is 13.7. The molecule has 1 amide bonds. The highest BCUT2D eigenvalue weighted by Crippen LogP contribution is 2.48. The summed E-state index contributed by atoms with van der Waals surface area (Å²) >= 11 is 1.53. The lowest BCUT2D eigenvalue weighted by Gasteiger charge is -2.30. The first-order chi connectivity index (χ1) is 10.8. The van der Waals surface area contributed by atoms with Crippen molar-refractivity contribution in [2.45, 2.75) is 21.6 Å². The molecule has 0 spiro atoms. The molecule has 2 aromatic carbocycles. The Kier molecular flexibility index (Phi) is 3.95. The standard InChI is InChI=1S/C16H16N2O3S2/c1-11(19)18-13-6-4-5-7-15(13)22-16-9-8-12(10-14(16)18)23(20,21)17(2)3/h4-10H,1-3H3. The number of nitrogens with zero attached hydrogens (tertiary/aromatic N) is 2. The number of amides is 1. The Labute approximate surface area is 140 Å². The largest absolute Gasteiger partial charge is 0.279 e. The van der Waals surface area contributed by atoms with Crippen LogP contribution in [0.15, 0.2) is 57.2 Å². The lowest BCUT2D eigenvalue weighted by molar-refractivity contribution is -0.115. The molecular formula is C16H16N2O3S2. The summed E-state index contributed by atoms with van der Waals surface area (Å²) in [5.74, 6) is -0.154. The molecule has 0 aliphatic carbocycles. The van der Waals surface area contributed by atoms with E-state index in [1.54, 1.807) is 23.1 Å². The first-order valence-electron chi connectivity index (χ1n) is 6.96. The molecule has 7 heteroatoms. The van der Waals surface area contributed by atoms with E-state index in [1.807, 2.05) is 24.3 Å². The van der Waals surface area contributed by atoms with E-state index in [2.05, 4.69) is 0 Å². The van der Waals surface area contributed by atoms with Crippen LogP contribution in [-0.2, 0) is 14.8 Å². The van der Waals surface area contributed by atoms with Gasteiger partial charge >= 0.3 is 0 Å². The molecule has 3 rings (SSSR count). The Morgan fingerprint density at radius 2 is 1.70 bits per heavy atom. The Morgan fingerprint density at radius 3 is 2.35 bits per heavy atom. The van der Waals surface area contributed by atoms with Crippen LogP contribution in [0.4, 0.5) is 11.4 Å². The van der Waals surface area contributed by atoms with Crippen molar-refractivity contribution in [2.75, 3.05) is 19.0 Å². The highest BCUT2D eigenvalue weighted by molar-refractivity contribution is 7.99. The maximum atomic E-state index is 12.4. The van der Waals surface area contributed by atoms with E-state index in [4.69, 9.17) is 0 Å². The molecule has 0 atom stereocenters. The van der Waals surface area contributed by atoms with E-state index in [-0.39, 0.29) is 10.8 Å². The first-order valence-corrected chi connectivity index (χ1v) is 9.22. The average Bonchev–Trinajstić information content (AvgIpc) is 2.51. The second-order valence-electron chi connectivity index (χ2n) is 5.34. The van der Waals surface area contributed by atoms with E-state index in [9.17, 15) is 13.2 Å². The third-order valence-corrected chi connectivity index (χ3v) is 6.53. The SMILES string of the molecule is CC(=O)N1c2ccccc2Sc2ccc(S(=O)(=O)N(C)C)cc21. The molecular weight excluding hydrogens is 332 g/mol. The van der Waals surface area contributed by atoms with Crippen molar-refractivity contribution < 1.29 is 13.2 Å². The van der Waals surface area contributed by atoms with Crippen molar-refractivity contribution in [3.05, 3.63) is 42.5 Å². The zero-order valence-electron chi connectivity index (χ0n) is 13.0. The van der Waals surface area contributed by atoms with Crippen LogP contribution in [0.3, 0.4) is 0 Å². The van der Waals surface area contributed by atoms with Gasteiger partial charge in [0.1, 0.15) is 0 Å². The molecule has 1 heterocycles. The minimum absolute atomic E-state index is 0.154. The molecule has 2 aromatic rings. The Balaban J connectivity index is 2.20. The number of anilines is 2. The number of hydrogen-bond acceptors (Lipinski definition) is 4. The van der Waals surface area contributed by atoms with Crippen molar-refractivity contribution in [3.8, 4) is 0 Å². The van der Waals surface area contributed by atoms with Gasteiger partial charge in [0, 0.05) is 30.8 Å². The number of carbonyl (C=O) groups is 1. The van der Waals surface area contributed by atoms with E-state index in [0.717, 1.165) is 19.8 Å². The smallest absolute Gasteiger partial charge is 0.242 e. The summed E-state index contributed by atoms with van der Waals surface area (Å²) in [6, 6.07) is 12.5. The number of sulfonamides is 1. The van der Waals surface area contributed by atoms with E-state index < -0.39 is 10.0 Å². The van der Waals surface area contributed by atoms with Gasteiger partial charge in [-0.3, -0.25) is 9.69 Å². The zero-order chi connectivity index (χ0) is 16.8. The van der Waals surface area contributed by atoms with E-state index in [1.165, 1.54) is 32.8 Å². The summed E-state index contributed by atoms with van der Waals surface area (Å²) in [4.78, 5) is 15.7. The highest BCUT2D eigenvalue weighted by atomic mass is 32.2. The number of benzene rings is 2. The van der Waals surface area contributed by atoms with Crippen molar-refractivity contribution in [1.29, 1.82) is 0 Å². The first kappa shape index (κ1) is 16.0. The molecule has 5 nitrogen and oxygen atoms in total. The van der Waals surface area contributed by atoms with Gasteiger partial charge in [0.15, 0.2) is 0 Å². The predicted octanol–water partition coefficient (Wildman–Crippen LogP) is 3.09. The predicted molar refractivity (Wildman–Crippen MR) is 90.7 cm³/mol. The number of hydrogen-bond donors (Lipinski definition) is 0. The minimum Gasteiger partial charge on any atom is -0.279 e. The van der Waals surface area contributed by atoms with Crippen LogP contribution in [0.25, 0.3) is 0 Å². The maximum Gasteiger partial charge on any atom is 0.242 e. The molecule has 0 bridgehead atoms. The summed E-state index contributed by atoms with van der Waals surface area (Å²) in [7, 11) is -0.575. The van der Waals surface area contributed by atoms with Gasteiger partial charge in [0.25, 0.3) is 0 Å². The molecule has 120 valence electrons. The van der Waals surface area contributed by atoms with Crippen LogP contribution in [0.5, 0.6) is 0 Å². The van der Waals surface area contributed by atoms with Crippen LogP contribution >= 0.6 is 11.8 Å². The molecule has 23 heavy (non-hydrogen) atoms. The van der Waals surface area contributed by atoms with E-state index >= 15 is 0 Å². The lowest BCUT2D eigenvalue weighted by atomic mass is 10.2. The number of para-hydroxylation sites is 1. The monoisotopic (exact) mass is 348 g/mol. The van der Waals surface area contributed by atoms with Gasteiger partial charge in [-0.1, -0.05) is 23.9 Å². The quantitative estimate of drug-likeness (QED) is 0.837. The maximum absolute atomic E-state index is 12.4. The third kappa shape index (κ3) is 2.65. The molecule has 0 N–H and O–H groups in total. The lowest BCUT2D eigenvalue weighted by Crippen LogP contribution is -2.27. The van der Waals surface area contributed by atoms with Crippen molar-refractivity contribution in [1.82, 2.24) is 4.31 Å². The second kappa shape index (κ2) is 5.67. The fraction of sp³-hybridized carbons (Fsp3) is 0.188. The van der Waals surface area contributed by atoms with Crippen molar-refractivity contribution in [2.24, 2.45) is 0 Å². The molecule has 0 saturated carbocycles. The van der Waals surface area contributed by atoms with Gasteiger partial charge in [-0.15, -0.1) is 0 Å². The third-order valence-electron chi connectivity index (χ3n) is 3.59. The number of rotatable bonds is 2. The molecule has 1 aliphatic rings. The van der Waals surface area contributed by atoms with Gasteiger partial charge in [-0.2, -0.15) is 0 Å². The summed E-state index contributed by atoms with van der Waals surface area (Å²) in [5.41, 5.74) is 1.38. The molecule has 0 saturated heterocycles. The van der Waals surface area contributed by atoms with E-state index in [0.29, 0.717) is 5.69 Å². The fourth-order valence-electron chi connectivity index (χ4n) is 2.45. The van der Waals surface area contributed by atoms with Crippen LogP contribution < -0.4 is 4.90 Å². The summed E-state index contributed by atoms with van der Waals surface area (Å²) in [6.45, 7) is 1.48. The van der Waals surface area contributed by atoms with Crippen molar-refractivity contribution >= 4 is 39.1 Å². The molecule has 1 aliphatic heterocycles. The van der Waals surface area contributed by atoms with Crippen LogP contribution in [0.1, 0.15) is 6.92 Å². The summed E-state index contributed by atoms with van der Waals surface area (Å²) in [6.07, 6.45) is 0. The van der Waals surface area contributed by atoms with Crippen LogP contribution in [0, 0.1) is 0 Å². The molecule has 0 radical (unpaired) electrons. The summed E-state index contributed by atoms with van der Waals surface area (Å²) < 4.78 is 25.9. The van der Waals surface area contributed by atoms with Crippen LogP contribution in [0.2, 0.25) is 0 Å². The second-order valence-corrected chi connectivity index (χ2v) is 8.58. The highest BCUT2D eigenvalue weighted by Gasteiger charge is 2.28. The van der Waals surface area contributed by atoms with Gasteiger partial charge in [0.2, 0.25) is 15.9 Å². The molecule has 0 fully saturated rings. The Hall–Kier alpha value is -1.83. The van der Waals surface area contributed by atoms with Crippen molar-refractivity contribution in [3.63, 3.8) is 0 Å². The van der Waals surface area contributed by atoms with Gasteiger partial charge in [0.05, 0.1) is 16.3 Å². The molecule has 0 unspecified atom stereocenters. The number of carbonyl (C=O) groups excluding carboxylic acids is 1. The fourth-order valence-corrected chi connectivity index (χ4v) is 4.41. The summed E-state index contributed by atoms with van der Waals surface area (Å²) in [5, 5.41) is 0.